The number of ether oxygens (including phenoxy) is 1. The van der Waals surface area contributed by atoms with Gasteiger partial charge in [-0.2, -0.15) is 0 Å². The fourth-order valence-corrected chi connectivity index (χ4v) is 0.256. The fourth-order valence-electron chi connectivity index (χ4n) is 0.256. The Morgan fingerprint density at radius 1 is 1.70 bits per heavy atom. The number of hydrogen-bond donors (Lipinski definition) is 0. The molecule has 54 valence electrons. The van der Waals surface area contributed by atoms with Gasteiger partial charge in [-0.1, -0.05) is 12.3 Å². The third kappa shape index (κ3) is 3.70. The van der Waals surface area contributed by atoms with Crippen LogP contribution in [0.25, 0.3) is 0 Å². The third-order valence-corrected chi connectivity index (χ3v) is 0.749. The average molecular weight is 138 g/mol. The van der Waals surface area contributed by atoms with E-state index in [1.807, 2.05) is 0 Å². The van der Waals surface area contributed by atoms with Crippen LogP contribution in [0.5, 0.6) is 0 Å². The molecule has 0 amide bonds. The molecule has 0 fully saturated rings. The minimum Gasteiger partial charge on any atom is -0.423 e. The molecule has 2 nitrogen and oxygen atoms in total. The van der Waals surface area contributed by atoms with E-state index in [0.29, 0.717) is 5.57 Å². The van der Waals surface area contributed by atoms with Gasteiger partial charge in [-0.25, -0.2) is 4.79 Å². The Hall–Kier alpha value is -1.27. The van der Waals surface area contributed by atoms with Crippen LogP contribution in [-0.2, 0) is 9.53 Å². The van der Waals surface area contributed by atoms with Gasteiger partial charge in [0.05, 0.1) is 0 Å². The molecule has 0 saturated carbocycles. The maximum atomic E-state index is 10.6. The Kier molecular flexibility index (Phi) is 4.01. The summed E-state index contributed by atoms with van der Waals surface area (Å²) in [6.07, 6.45) is 2.85. The molecule has 0 rings (SSSR count). The molecule has 0 saturated heterocycles. The van der Waals surface area contributed by atoms with Crippen LogP contribution < -0.4 is 0 Å². The lowest BCUT2D eigenvalue weighted by Gasteiger charge is -1.92. The molecule has 0 aromatic rings. The third-order valence-electron chi connectivity index (χ3n) is 0.749. The normalized spacial score (nSPS) is 7.40. The highest BCUT2D eigenvalue weighted by Crippen LogP contribution is 1.90. The number of rotatable bonds is 2. The zero-order valence-electron chi connectivity index (χ0n) is 6.18. The van der Waals surface area contributed by atoms with Gasteiger partial charge in [0.1, 0.15) is 6.26 Å². The maximum Gasteiger partial charge on any atom is 0.338 e. The zero-order valence-corrected chi connectivity index (χ0v) is 6.18. The summed E-state index contributed by atoms with van der Waals surface area (Å²) in [4.78, 5) is 10.6. The van der Waals surface area contributed by atoms with Gasteiger partial charge in [0, 0.05) is 5.57 Å². The van der Waals surface area contributed by atoms with Crippen LogP contribution in [0.1, 0.15) is 13.8 Å². The van der Waals surface area contributed by atoms with Crippen LogP contribution in [0.2, 0.25) is 0 Å². The summed E-state index contributed by atoms with van der Waals surface area (Å²) in [6.45, 7) is 6.77. The first-order chi connectivity index (χ1) is 4.68. The van der Waals surface area contributed by atoms with E-state index in [9.17, 15) is 4.79 Å². The molecule has 0 atom stereocenters. The van der Waals surface area contributed by atoms with E-state index in [1.54, 1.807) is 19.9 Å². The molecule has 0 aromatic heterocycles. The van der Waals surface area contributed by atoms with E-state index in [1.165, 1.54) is 6.26 Å². The van der Waals surface area contributed by atoms with E-state index in [-0.39, 0.29) is 0 Å². The van der Waals surface area contributed by atoms with Gasteiger partial charge in [0.15, 0.2) is 0 Å². The van der Waals surface area contributed by atoms with E-state index in [0.717, 1.165) is 0 Å². The van der Waals surface area contributed by atoms with Crippen molar-refractivity contribution in [2.24, 2.45) is 0 Å². The second-order valence-electron chi connectivity index (χ2n) is 1.76. The summed E-state index contributed by atoms with van der Waals surface area (Å²) >= 11 is 0. The Morgan fingerprint density at radius 3 is 2.70 bits per heavy atom. The molecule has 0 N–H and O–H groups in total. The average Bonchev–Trinajstić information content (AvgIpc) is 1.88. The minimum absolute atomic E-state index is 0.383. The van der Waals surface area contributed by atoms with Crippen molar-refractivity contribution in [1.29, 1.82) is 0 Å². The number of esters is 1. The molecule has 0 aliphatic rings. The summed E-state index contributed by atoms with van der Waals surface area (Å²) in [7, 11) is 0. The first-order valence-electron chi connectivity index (χ1n) is 2.90. The predicted octanol–water partition coefficient (Wildman–Crippen LogP) is 1.79. The largest absolute Gasteiger partial charge is 0.423 e. The van der Waals surface area contributed by atoms with Gasteiger partial charge in [-0.3, -0.25) is 0 Å². The molecular weight excluding hydrogens is 128 g/mol. The van der Waals surface area contributed by atoms with E-state index in [2.05, 4.69) is 17.0 Å². The summed E-state index contributed by atoms with van der Waals surface area (Å²) in [5.41, 5.74) is 2.98. The monoisotopic (exact) mass is 138 g/mol. The molecule has 0 unspecified atom stereocenters. The molecular formula is C8H10O2. The fraction of sp³-hybridized carbons (Fsp3) is 0.250. The molecule has 10 heavy (non-hydrogen) atoms. The van der Waals surface area contributed by atoms with Crippen LogP contribution in [0, 0.1) is 0 Å². The van der Waals surface area contributed by atoms with Crippen LogP contribution in [0.15, 0.2) is 30.2 Å². The number of carbonyl (C=O) groups is 1. The highest BCUT2D eigenvalue weighted by molar-refractivity contribution is 5.87. The first-order valence-corrected chi connectivity index (χ1v) is 2.90. The highest BCUT2D eigenvalue weighted by Gasteiger charge is 1.97. The minimum atomic E-state index is -0.422. The second-order valence-corrected chi connectivity index (χ2v) is 1.76. The van der Waals surface area contributed by atoms with Crippen molar-refractivity contribution in [3.8, 4) is 0 Å². The summed E-state index contributed by atoms with van der Waals surface area (Å²) in [5.74, 6) is -0.422. The van der Waals surface area contributed by atoms with Crippen LogP contribution >= 0.6 is 0 Å². The van der Waals surface area contributed by atoms with Crippen LogP contribution in [0.4, 0.5) is 0 Å². The first kappa shape index (κ1) is 8.73. The number of allylic oxidation sites excluding steroid dienone is 1. The van der Waals surface area contributed by atoms with Crippen molar-refractivity contribution in [3.05, 3.63) is 30.2 Å². The SMILES string of the molecule is C=C(C)C(=O)OC=C=CC. The quantitative estimate of drug-likeness (QED) is 0.252. The van der Waals surface area contributed by atoms with E-state index in [4.69, 9.17) is 0 Å². The summed E-state index contributed by atoms with van der Waals surface area (Å²) < 4.78 is 4.54. The summed E-state index contributed by atoms with van der Waals surface area (Å²) in [5, 5.41) is 0. The van der Waals surface area contributed by atoms with Crippen LogP contribution in [0.3, 0.4) is 0 Å². The predicted molar refractivity (Wildman–Crippen MR) is 39.2 cm³/mol. The molecule has 0 aliphatic heterocycles. The lowest BCUT2D eigenvalue weighted by atomic mass is 10.4. The standard InChI is InChI=1S/C8H10O2/c1-4-5-6-10-8(9)7(2)3/h4,6H,2H2,1,3H3. The van der Waals surface area contributed by atoms with Gasteiger partial charge in [0.25, 0.3) is 0 Å². The maximum absolute atomic E-state index is 10.6. The van der Waals surface area contributed by atoms with Crippen molar-refractivity contribution in [2.75, 3.05) is 0 Å². The van der Waals surface area contributed by atoms with Crippen molar-refractivity contribution in [3.63, 3.8) is 0 Å². The van der Waals surface area contributed by atoms with E-state index < -0.39 is 5.97 Å². The van der Waals surface area contributed by atoms with Gasteiger partial charge in [-0.05, 0) is 19.9 Å². The Bertz CT molecular complexity index is 195. The summed E-state index contributed by atoms with van der Waals surface area (Å²) in [6, 6.07) is 0. The van der Waals surface area contributed by atoms with Gasteiger partial charge < -0.3 is 4.74 Å². The number of hydrogen-bond acceptors (Lipinski definition) is 2. The van der Waals surface area contributed by atoms with Gasteiger partial charge in [0.2, 0.25) is 0 Å². The molecule has 0 aromatic carbocycles. The van der Waals surface area contributed by atoms with Crippen molar-refractivity contribution < 1.29 is 9.53 Å². The van der Waals surface area contributed by atoms with Gasteiger partial charge in [-0.15, -0.1) is 0 Å². The number of carbonyl (C=O) groups excluding carboxylic acids is 1. The molecule has 0 heterocycles. The van der Waals surface area contributed by atoms with Crippen LogP contribution in [-0.4, -0.2) is 5.97 Å². The van der Waals surface area contributed by atoms with Crippen molar-refractivity contribution in [2.45, 2.75) is 13.8 Å². The Balaban J connectivity index is 3.82. The highest BCUT2D eigenvalue weighted by atomic mass is 16.5. The van der Waals surface area contributed by atoms with Crippen molar-refractivity contribution in [1.82, 2.24) is 0 Å². The molecule has 0 radical (unpaired) electrons. The lowest BCUT2D eigenvalue weighted by Crippen LogP contribution is -1.98. The molecule has 0 aliphatic carbocycles. The Labute approximate surface area is 60.5 Å². The zero-order chi connectivity index (χ0) is 7.98. The molecule has 2 heteroatoms. The lowest BCUT2D eigenvalue weighted by molar-refractivity contribution is -0.133. The van der Waals surface area contributed by atoms with E-state index >= 15 is 0 Å². The van der Waals surface area contributed by atoms with Crippen molar-refractivity contribution >= 4 is 5.97 Å². The van der Waals surface area contributed by atoms with Gasteiger partial charge >= 0.3 is 5.97 Å². The molecule has 0 bridgehead atoms. The Morgan fingerprint density at radius 2 is 2.30 bits per heavy atom. The molecule has 0 spiro atoms. The second kappa shape index (κ2) is 4.59. The topological polar surface area (TPSA) is 26.3 Å². The smallest absolute Gasteiger partial charge is 0.338 e.